The highest BCUT2D eigenvalue weighted by Crippen LogP contribution is 2.15. The molecule has 0 unspecified atom stereocenters. The monoisotopic (exact) mass is 277 g/mol. The summed E-state index contributed by atoms with van der Waals surface area (Å²) >= 11 is 0. The molecule has 0 fully saturated rings. The first kappa shape index (κ1) is 15.8. The number of carbonyl (C=O) groups excluding carboxylic acids is 1. The molecular weight excluding hydrogens is 258 g/mol. The van der Waals surface area contributed by atoms with Gasteiger partial charge in [0.25, 0.3) is 5.91 Å². The molecule has 1 rings (SSSR count). The standard InChI is InChI=1S/C15H19NO4/c1-4-16(9-11(2)3)15(19)12-6-5-7-13(8-12)20-10-14(17)18/h5-8H,2,4,9-10H2,1,3H3,(H,17,18). The summed E-state index contributed by atoms with van der Waals surface area (Å²) in [6.07, 6.45) is 0. The van der Waals surface area contributed by atoms with E-state index in [1.807, 2.05) is 13.8 Å². The van der Waals surface area contributed by atoms with Gasteiger partial charge in [-0.1, -0.05) is 18.2 Å². The van der Waals surface area contributed by atoms with E-state index in [2.05, 4.69) is 6.58 Å². The lowest BCUT2D eigenvalue weighted by Crippen LogP contribution is -2.32. The van der Waals surface area contributed by atoms with Crippen molar-refractivity contribution in [3.63, 3.8) is 0 Å². The van der Waals surface area contributed by atoms with E-state index in [-0.39, 0.29) is 5.91 Å². The summed E-state index contributed by atoms with van der Waals surface area (Å²) in [6, 6.07) is 6.51. The summed E-state index contributed by atoms with van der Waals surface area (Å²) in [5, 5.41) is 8.57. The zero-order chi connectivity index (χ0) is 15.1. The topological polar surface area (TPSA) is 66.8 Å². The first-order valence-corrected chi connectivity index (χ1v) is 6.32. The minimum Gasteiger partial charge on any atom is -0.482 e. The summed E-state index contributed by atoms with van der Waals surface area (Å²) in [5.74, 6) is -0.819. The molecule has 0 saturated carbocycles. The fraction of sp³-hybridized carbons (Fsp3) is 0.333. The van der Waals surface area contributed by atoms with Crippen LogP contribution in [0.25, 0.3) is 0 Å². The van der Waals surface area contributed by atoms with Crippen molar-refractivity contribution in [1.29, 1.82) is 0 Å². The van der Waals surface area contributed by atoms with E-state index in [0.29, 0.717) is 24.4 Å². The number of amides is 1. The van der Waals surface area contributed by atoms with Gasteiger partial charge in [0.15, 0.2) is 6.61 Å². The number of aliphatic carboxylic acids is 1. The summed E-state index contributed by atoms with van der Waals surface area (Å²) in [6.45, 7) is 8.20. The van der Waals surface area contributed by atoms with Crippen LogP contribution in [0.4, 0.5) is 0 Å². The Hall–Kier alpha value is -2.30. The van der Waals surface area contributed by atoms with Crippen molar-refractivity contribution < 1.29 is 19.4 Å². The van der Waals surface area contributed by atoms with E-state index in [9.17, 15) is 9.59 Å². The van der Waals surface area contributed by atoms with Crippen molar-refractivity contribution >= 4 is 11.9 Å². The van der Waals surface area contributed by atoms with E-state index in [1.54, 1.807) is 29.2 Å². The van der Waals surface area contributed by atoms with Crippen molar-refractivity contribution in [1.82, 2.24) is 4.90 Å². The van der Waals surface area contributed by atoms with Gasteiger partial charge >= 0.3 is 5.97 Å². The van der Waals surface area contributed by atoms with Crippen LogP contribution < -0.4 is 4.74 Å². The molecule has 0 radical (unpaired) electrons. The lowest BCUT2D eigenvalue weighted by atomic mass is 10.1. The third-order valence-corrected chi connectivity index (χ3v) is 2.57. The summed E-state index contributed by atoms with van der Waals surface area (Å²) in [5.41, 5.74) is 1.37. The molecule has 0 aliphatic carbocycles. The lowest BCUT2D eigenvalue weighted by molar-refractivity contribution is -0.139. The smallest absolute Gasteiger partial charge is 0.341 e. The molecule has 1 aromatic carbocycles. The molecule has 5 nitrogen and oxygen atoms in total. The van der Waals surface area contributed by atoms with Gasteiger partial charge in [-0.25, -0.2) is 4.79 Å². The van der Waals surface area contributed by atoms with Crippen LogP contribution in [-0.4, -0.2) is 41.6 Å². The molecule has 0 atom stereocenters. The van der Waals surface area contributed by atoms with Crippen LogP contribution in [0.5, 0.6) is 5.75 Å². The number of carbonyl (C=O) groups is 2. The van der Waals surface area contributed by atoms with Crippen molar-refractivity contribution in [3.05, 3.63) is 42.0 Å². The van der Waals surface area contributed by atoms with Crippen LogP contribution in [0.1, 0.15) is 24.2 Å². The number of carboxylic acids is 1. The Labute approximate surface area is 118 Å². The number of benzene rings is 1. The third kappa shape index (κ3) is 4.76. The predicted octanol–water partition coefficient (Wildman–Crippen LogP) is 2.19. The van der Waals surface area contributed by atoms with Crippen LogP contribution >= 0.6 is 0 Å². The van der Waals surface area contributed by atoms with E-state index >= 15 is 0 Å². The fourth-order valence-corrected chi connectivity index (χ4v) is 1.70. The number of nitrogens with zero attached hydrogens (tertiary/aromatic N) is 1. The summed E-state index contributed by atoms with van der Waals surface area (Å²) in [7, 11) is 0. The van der Waals surface area contributed by atoms with Gasteiger partial charge in [-0.3, -0.25) is 4.79 Å². The molecule has 108 valence electrons. The molecule has 1 amide bonds. The Morgan fingerprint density at radius 2 is 2.10 bits per heavy atom. The Morgan fingerprint density at radius 3 is 2.65 bits per heavy atom. The van der Waals surface area contributed by atoms with Gasteiger partial charge in [0, 0.05) is 18.7 Å². The minimum atomic E-state index is -1.06. The molecule has 0 aliphatic heterocycles. The van der Waals surface area contributed by atoms with Crippen LogP contribution in [0.2, 0.25) is 0 Å². The van der Waals surface area contributed by atoms with Crippen LogP contribution in [0.15, 0.2) is 36.4 Å². The quantitative estimate of drug-likeness (QED) is 0.776. The van der Waals surface area contributed by atoms with Crippen molar-refractivity contribution in [2.45, 2.75) is 13.8 Å². The second-order valence-corrected chi connectivity index (χ2v) is 4.49. The number of hydrogen-bond acceptors (Lipinski definition) is 3. The van der Waals surface area contributed by atoms with Crippen molar-refractivity contribution in [2.24, 2.45) is 0 Å². The van der Waals surface area contributed by atoms with E-state index in [4.69, 9.17) is 9.84 Å². The molecule has 0 aromatic heterocycles. The third-order valence-electron chi connectivity index (χ3n) is 2.57. The number of hydrogen-bond donors (Lipinski definition) is 1. The molecule has 0 saturated heterocycles. The SMILES string of the molecule is C=C(C)CN(CC)C(=O)c1cccc(OCC(=O)O)c1. The molecule has 5 heteroatoms. The number of rotatable bonds is 7. The molecule has 0 heterocycles. The molecule has 1 N–H and O–H groups in total. The maximum absolute atomic E-state index is 12.3. The second kappa shape index (κ2) is 7.33. The predicted molar refractivity (Wildman–Crippen MR) is 76.0 cm³/mol. The number of ether oxygens (including phenoxy) is 1. The van der Waals surface area contributed by atoms with E-state index in [0.717, 1.165) is 5.57 Å². The number of carboxylic acid groups (broad SMARTS) is 1. The van der Waals surface area contributed by atoms with Gasteiger partial charge in [0.05, 0.1) is 0 Å². The second-order valence-electron chi connectivity index (χ2n) is 4.49. The normalized spacial score (nSPS) is 9.90. The highest BCUT2D eigenvalue weighted by molar-refractivity contribution is 5.94. The molecule has 20 heavy (non-hydrogen) atoms. The van der Waals surface area contributed by atoms with Crippen molar-refractivity contribution in [3.8, 4) is 5.75 Å². The Bertz CT molecular complexity index is 510. The van der Waals surface area contributed by atoms with Gasteiger partial charge in [0.2, 0.25) is 0 Å². The number of likely N-dealkylation sites (N-methyl/N-ethyl adjacent to an activating group) is 1. The first-order valence-electron chi connectivity index (χ1n) is 6.32. The van der Waals surface area contributed by atoms with Crippen LogP contribution in [0, 0.1) is 0 Å². The highest BCUT2D eigenvalue weighted by Gasteiger charge is 2.14. The zero-order valence-corrected chi connectivity index (χ0v) is 11.8. The van der Waals surface area contributed by atoms with Gasteiger partial charge in [-0.05, 0) is 32.0 Å². The van der Waals surface area contributed by atoms with E-state index in [1.165, 1.54) is 0 Å². The highest BCUT2D eigenvalue weighted by atomic mass is 16.5. The molecular formula is C15H19NO4. The van der Waals surface area contributed by atoms with Gasteiger partial charge in [-0.2, -0.15) is 0 Å². The molecule has 0 spiro atoms. The summed E-state index contributed by atoms with van der Waals surface area (Å²) < 4.78 is 5.06. The van der Waals surface area contributed by atoms with E-state index < -0.39 is 12.6 Å². The molecule has 0 bridgehead atoms. The van der Waals surface area contributed by atoms with Crippen LogP contribution in [0.3, 0.4) is 0 Å². The fourth-order valence-electron chi connectivity index (χ4n) is 1.70. The average Bonchev–Trinajstić information content (AvgIpc) is 2.42. The first-order chi connectivity index (χ1) is 9.43. The van der Waals surface area contributed by atoms with Crippen LogP contribution in [-0.2, 0) is 4.79 Å². The van der Waals surface area contributed by atoms with Gasteiger partial charge < -0.3 is 14.7 Å². The van der Waals surface area contributed by atoms with Gasteiger partial charge in [0.1, 0.15) is 5.75 Å². The summed E-state index contributed by atoms with van der Waals surface area (Å²) in [4.78, 5) is 24.4. The maximum atomic E-state index is 12.3. The Balaban J connectivity index is 2.84. The maximum Gasteiger partial charge on any atom is 0.341 e. The van der Waals surface area contributed by atoms with Crippen molar-refractivity contribution in [2.75, 3.05) is 19.7 Å². The molecule has 1 aromatic rings. The minimum absolute atomic E-state index is 0.128. The zero-order valence-electron chi connectivity index (χ0n) is 11.8. The Kier molecular flexibility index (Phi) is 5.77. The average molecular weight is 277 g/mol. The Morgan fingerprint density at radius 1 is 1.40 bits per heavy atom. The largest absolute Gasteiger partial charge is 0.482 e. The van der Waals surface area contributed by atoms with Gasteiger partial charge in [-0.15, -0.1) is 0 Å². The lowest BCUT2D eigenvalue weighted by Gasteiger charge is -2.21. The molecule has 0 aliphatic rings.